The minimum Gasteiger partial charge on any atom is -0.198 e. The zero-order chi connectivity index (χ0) is 7.45. The normalized spacial score (nSPS) is 22.4. The highest BCUT2D eigenvalue weighted by molar-refractivity contribution is 7.98. The average molecular weight is 155 g/mol. The van der Waals surface area contributed by atoms with Crippen LogP contribution in [0.1, 0.15) is 25.7 Å². The van der Waals surface area contributed by atoms with Crippen molar-refractivity contribution in [2.75, 3.05) is 12.0 Å². The van der Waals surface area contributed by atoms with Crippen LogP contribution >= 0.6 is 11.8 Å². The molecule has 1 fully saturated rings. The fraction of sp³-hybridized carbons (Fsp3) is 0.875. The molecule has 1 rings (SSSR count). The van der Waals surface area contributed by atoms with Gasteiger partial charge < -0.3 is 0 Å². The van der Waals surface area contributed by atoms with Crippen molar-refractivity contribution in [1.29, 1.82) is 5.26 Å². The molecule has 0 N–H and O–H groups in total. The maximum Gasteiger partial charge on any atom is 0.0698 e. The summed E-state index contributed by atoms with van der Waals surface area (Å²) in [7, 11) is 0. The summed E-state index contributed by atoms with van der Waals surface area (Å²) in [5.74, 6) is 1.03. The molecular weight excluding hydrogens is 142 g/mol. The molecule has 0 aromatic carbocycles. The second-order valence-corrected chi connectivity index (χ2v) is 3.90. The van der Waals surface area contributed by atoms with Crippen LogP contribution in [0.4, 0.5) is 0 Å². The van der Waals surface area contributed by atoms with Crippen LogP contribution in [0.15, 0.2) is 0 Å². The van der Waals surface area contributed by atoms with Crippen molar-refractivity contribution < 1.29 is 0 Å². The summed E-state index contributed by atoms with van der Waals surface area (Å²) in [4.78, 5) is 0. The summed E-state index contributed by atoms with van der Waals surface area (Å²) in [6, 6.07) is 2.46. The molecular formula is C8H13NS. The number of nitriles is 1. The van der Waals surface area contributed by atoms with Gasteiger partial charge in [-0.1, -0.05) is 12.8 Å². The molecule has 0 heterocycles. The van der Waals surface area contributed by atoms with E-state index in [-0.39, 0.29) is 5.41 Å². The number of hydrogen-bond acceptors (Lipinski definition) is 2. The number of rotatable bonds is 2. The summed E-state index contributed by atoms with van der Waals surface area (Å²) in [6.45, 7) is 0. The lowest BCUT2D eigenvalue weighted by Gasteiger charge is -2.17. The molecule has 0 saturated heterocycles. The predicted octanol–water partition coefficient (Wildman–Crippen LogP) is 2.43. The Balaban J connectivity index is 2.51. The fourth-order valence-electron chi connectivity index (χ4n) is 1.62. The molecule has 0 aliphatic heterocycles. The Morgan fingerprint density at radius 3 is 2.50 bits per heavy atom. The molecule has 1 saturated carbocycles. The Morgan fingerprint density at radius 1 is 1.50 bits per heavy atom. The maximum atomic E-state index is 8.88. The van der Waals surface area contributed by atoms with Gasteiger partial charge >= 0.3 is 0 Å². The second-order valence-electron chi connectivity index (χ2n) is 3.03. The van der Waals surface area contributed by atoms with Crippen LogP contribution in [0.2, 0.25) is 0 Å². The molecule has 56 valence electrons. The summed E-state index contributed by atoms with van der Waals surface area (Å²) in [5.41, 5.74) is 0.0550. The summed E-state index contributed by atoms with van der Waals surface area (Å²) in [6.07, 6.45) is 6.86. The molecule has 0 aromatic heterocycles. The molecule has 1 aliphatic rings. The van der Waals surface area contributed by atoms with E-state index in [4.69, 9.17) is 5.26 Å². The van der Waals surface area contributed by atoms with Gasteiger partial charge in [0.25, 0.3) is 0 Å². The molecule has 0 unspecified atom stereocenters. The molecule has 1 aliphatic carbocycles. The quantitative estimate of drug-likeness (QED) is 0.611. The van der Waals surface area contributed by atoms with Crippen molar-refractivity contribution in [3.05, 3.63) is 0 Å². The van der Waals surface area contributed by atoms with E-state index in [2.05, 4.69) is 12.3 Å². The van der Waals surface area contributed by atoms with Crippen LogP contribution in [-0.4, -0.2) is 12.0 Å². The number of hydrogen-bond donors (Lipinski definition) is 0. The van der Waals surface area contributed by atoms with E-state index >= 15 is 0 Å². The van der Waals surface area contributed by atoms with E-state index in [9.17, 15) is 0 Å². The van der Waals surface area contributed by atoms with Crippen LogP contribution < -0.4 is 0 Å². The number of thioether (sulfide) groups is 1. The van der Waals surface area contributed by atoms with Crippen molar-refractivity contribution in [2.24, 2.45) is 5.41 Å². The van der Waals surface area contributed by atoms with Gasteiger partial charge in [-0.2, -0.15) is 17.0 Å². The van der Waals surface area contributed by atoms with E-state index < -0.39 is 0 Å². The summed E-state index contributed by atoms with van der Waals surface area (Å²) >= 11 is 1.80. The Labute approximate surface area is 66.8 Å². The van der Waals surface area contributed by atoms with E-state index in [0.29, 0.717) is 0 Å². The maximum absolute atomic E-state index is 8.88. The number of nitrogens with zero attached hydrogens (tertiary/aromatic N) is 1. The topological polar surface area (TPSA) is 23.8 Å². The molecule has 2 heteroatoms. The zero-order valence-electron chi connectivity index (χ0n) is 6.39. The second kappa shape index (κ2) is 3.30. The van der Waals surface area contributed by atoms with Crippen LogP contribution in [-0.2, 0) is 0 Å². The smallest absolute Gasteiger partial charge is 0.0698 e. The summed E-state index contributed by atoms with van der Waals surface area (Å²) < 4.78 is 0. The van der Waals surface area contributed by atoms with E-state index in [0.717, 1.165) is 18.6 Å². The molecule has 0 aromatic rings. The molecule has 10 heavy (non-hydrogen) atoms. The summed E-state index contributed by atoms with van der Waals surface area (Å²) in [5, 5.41) is 8.88. The van der Waals surface area contributed by atoms with Gasteiger partial charge in [0.05, 0.1) is 11.5 Å². The highest BCUT2D eigenvalue weighted by Crippen LogP contribution is 2.39. The van der Waals surface area contributed by atoms with Gasteiger partial charge in [0, 0.05) is 5.75 Å². The van der Waals surface area contributed by atoms with Crippen LogP contribution in [0.3, 0.4) is 0 Å². The largest absolute Gasteiger partial charge is 0.198 e. The lowest BCUT2D eigenvalue weighted by Crippen LogP contribution is -2.16. The SMILES string of the molecule is CSCC1(C#N)CCCC1. The van der Waals surface area contributed by atoms with Gasteiger partial charge in [0.2, 0.25) is 0 Å². The van der Waals surface area contributed by atoms with Crippen molar-refractivity contribution in [3.8, 4) is 6.07 Å². The van der Waals surface area contributed by atoms with Gasteiger partial charge in [-0.25, -0.2) is 0 Å². The minimum absolute atomic E-state index is 0.0550. The third-order valence-corrected chi connectivity index (χ3v) is 3.06. The first-order valence-corrected chi connectivity index (χ1v) is 5.13. The lowest BCUT2D eigenvalue weighted by molar-refractivity contribution is 0.473. The van der Waals surface area contributed by atoms with Gasteiger partial charge in [0.15, 0.2) is 0 Å². The Hall–Kier alpha value is -0.160. The third kappa shape index (κ3) is 1.46. The Kier molecular flexibility index (Phi) is 2.62. The van der Waals surface area contributed by atoms with E-state index in [1.807, 2.05) is 0 Å². The molecule has 1 nitrogen and oxygen atoms in total. The van der Waals surface area contributed by atoms with Gasteiger partial charge in [-0.05, 0) is 19.1 Å². The highest BCUT2D eigenvalue weighted by Gasteiger charge is 2.32. The molecule has 0 bridgehead atoms. The molecule has 0 spiro atoms. The molecule has 0 radical (unpaired) electrons. The minimum atomic E-state index is 0.0550. The van der Waals surface area contributed by atoms with Gasteiger partial charge in [-0.15, -0.1) is 0 Å². The average Bonchev–Trinajstić information content (AvgIpc) is 2.39. The molecule has 0 amide bonds. The zero-order valence-corrected chi connectivity index (χ0v) is 7.21. The Bertz CT molecular complexity index is 142. The lowest BCUT2D eigenvalue weighted by atomic mass is 9.91. The first-order chi connectivity index (χ1) is 4.83. The fourth-order valence-corrected chi connectivity index (χ4v) is 2.52. The third-order valence-electron chi connectivity index (χ3n) is 2.22. The van der Waals surface area contributed by atoms with Crippen LogP contribution in [0.5, 0.6) is 0 Å². The standard InChI is InChI=1S/C8H13NS/c1-10-7-8(6-9)4-2-3-5-8/h2-5,7H2,1H3. The van der Waals surface area contributed by atoms with Crippen molar-refractivity contribution in [1.82, 2.24) is 0 Å². The first kappa shape index (κ1) is 7.94. The van der Waals surface area contributed by atoms with E-state index in [1.165, 1.54) is 12.8 Å². The van der Waals surface area contributed by atoms with Crippen LogP contribution in [0, 0.1) is 16.7 Å². The van der Waals surface area contributed by atoms with Crippen LogP contribution in [0.25, 0.3) is 0 Å². The monoisotopic (exact) mass is 155 g/mol. The first-order valence-electron chi connectivity index (χ1n) is 3.73. The molecule has 0 atom stereocenters. The van der Waals surface area contributed by atoms with E-state index in [1.54, 1.807) is 11.8 Å². The highest BCUT2D eigenvalue weighted by atomic mass is 32.2. The van der Waals surface area contributed by atoms with Crippen molar-refractivity contribution in [3.63, 3.8) is 0 Å². The van der Waals surface area contributed by atoms with Crippen molar-refractivity contribution in [2.45, 2.75) is 25.7 Å². The van der Waals surface area contributed by atoms with Gasteiger partial charge in [-0.3, -0.25) is 0 Å². The predicted molar refractivity (Wildman–Crippen MR) is 44.9 cm³/mol. The van der Waals surface area contributed by atoms with Gasteiger partial charge in [0.1, 0.15) is 0 Å². The Morgan fingerprint density at radius 2 is 2.10 bits per heavy atom. The van der Waals surface area contributed by atoms with Crippen molar-refractivity contribution >= 4 is 11.8 Å².